The second-order valence-electron chi connectivity index (χ2n) is 16.6. The molecule has 3 saturated heterocycles. The number of β-amino-alcohol motifs (C(OH)–C–C–N with tert-alkyl or cyclic N) is 2. The summed E-state index contributed by atoms with van der Waals surface area (Å²) < 4.78 is 0. The van der Waals surface area contributed by atoms with Gasteiger partial charge in [-0.05, 0) is 68.8 Å². The summed E-state index contributed by atoms with van der Waals surface area (Å²) in [6.07, 6.45) is -6.58. The van der Waals surface area contributed by atoms with Crippen LogP contribution >= 0.6 is 0 Å². The fourth-order valence-corrected chi connectivity index (χ4v) is 8.06. The number of aromatic hydroxyl groups is 2. The molecule has 0 spiro atoms. The Morgan fingerprint density at radius 2 is 0.933 bits per heavy atom. The molecule has 3 aliphatic rings. The quantitative estimate of drug-likeness (QED) is 0.0772. The van der Waals surface area contributed by atoms with Crippen LogP contribution in [-0.2, 0) is 13.1 Å². The second kappa shape index (κ2) is 22.1. The van der Waals surface area contributed by atoms with E-state index in [0.29, 0.717) is 50.1 Å². The van der Waals surface area contributed by atoms with Gasteiger partial charge in [-0.15, -0.1) is 0 Å². The predicted octanol–water partition coefficient (Wildman–Crippen LogP) is -2.02. The molecular weight excluding hydrogens is 778 g/mol. The zero-order chi connectivity index (χ0) is 43.7. The Morgan fingerprint density at radius 1 is 0.550 bits per heavy atom. The molecule has 0 amide bonds. The Hall–Kier alpha value is -3.40. The highest BCUT2D eigenvalue weighted by Crippen LogP contribution is 2.34. The van der Waals surface area contributed by atoms with E-state index in [9.17, 15) is 51.1 Å². The number of aliphatic hydroxyl groups excluding tert-OH is 10. The van der Waals surface area contributed by atoms with Crippen molar-refractivity contribution < 1.29 is 61.3 Å². The third kappa shape index (κ3) is 12.4. The molecule has 336 valence electrons. The molecule has 8 unspecified atom stereocenters. The molecule has 0 aromatic heterocycles. The summed E-state index contributed by atoms with van der Waals surface area (Å²) in [6.45, 7) is 9.36. The largest absolute Gasteiger partial charge is 0.507 e. The third-order valence-corrected chi connectivity index (χ3v) is 11.9. The molecule has 8 atom stereocenters. The lowest BCUT2D eigenvalue weighted by molar-refractivity contribution is -0.119. The van der Waals surface area contributed by atoms with Gasteiger partial charge in [0.2, 0.25) is 0 Å². The first kappa shape index (κ1) is 47.6. The van der Waals surface area contributed by atoms with Crippen LogP contribution in [0.4, 0.5) is 0 Å². The molecule has 0 bridgehead atoms. The molecule has 0 radical (unpaired) electrons. The summed E-state index contributed by atoms with van der Waals surface area (Å²) in [6, 6.07) is 7.77. The van der Waals surface area contributed by atoms with Crippen molar-refractivity contribution in [3.8, 4) is 11.5 Å². The molecule has 17 heteroatoms. The van der Waals surface area contributed by atoms with Gasteiger partial charge in [0.05, 0.1) is 25.4 Å². The lowest BCUT2D eigenvalue weighted by atomic mass is 9.98. The lowest BCUT2D eigenvalue weighted by Gasteiger charge is -2.39. The number of hydrogen-bond donors (Lipinski definition) is 13. The van der Waals surface area contributed by atoms with Gasteiger partial charge in [0.15, 0.2) is 0 Å². The maximum atomic E-state index is 11.5. The molecule has 0 aliphatic carbocycles. The van der Waals surface area contributed by atoms with E-state index in [1.807, 2.05) is 60.1 Å². The Morgan fingerprint density at radius 3 is 1.28 bits per heavy atom. The normalized spacial score (nSPS) is 22.7. The van der Waals surface area contributed by atoms with Crippen molar-refractivity contribution in [3.05, 3.63) is 69.0 Å². The van der Waals surface area contributed by atoms with Gasteiger partial charge in [0, 0.05) is 112 Å². The summed E-state index contributed by atoms with van der Waals surface area (Å²) in [5.74, 6) is 0.342. The van der Waals surface area contributed by atoms with Crippen LogP contribution in [0.1, 0.15) is 52.6 Å². The smallest absolute Gasteiger partial charge is 0.127 e. The van der Waals surface area contributed by atoms with Crippen LogP contribution in [0.5, 0.6) is 11.5 Å². The third-order valence-electron chi connectivity index (χ3n) is 11.9. The zero-order valence-electron chi connectivity index (χ0n) is 34.8. The average Bonchev–Trinajstić information content (AvgIpc) is 3.22. The number of likely N-dealkylation sites (tertiary alicyclic amines) is 2. The first-order chi connectivity index (χ1) is 28.6. The molecule has 5 rings (SSSR count). The van der Waals surface area contributed by atoms with E-state index < -0.39 is 62.0 Å². The summed E-state index contributed by atoms with van der Waals surface area (Å²) in [5, 5.41) is 126. The van der Waals surface area contributed by atoms with E-state index in [4.69, 9.17) is 10.2 Å². The topological polar surface area (TPSA) is 268 Å². The number of nitrogens with zero attached hydrogens (tertiary/aromatic N) is 4. The van der Waals surface area contributed by atoms with Crippen molar-refractivity contribution in [2.24, 2.45) is 0 Å². The van der Waals surface area contributed by atoms with Crippen LogP contribution in [0.3, 0.4) is 0 Å². The molecular formula is C43H67N5O12. The number of phenolic OH excluding ortho intramolecular Hbond substituents is 2. The first-order valence-corrected chi connectivity index (χ1v) is 21.0. The van der Waals surface area contributed by atoms with Gasteiger partial charge in [-0.3, -0.25) is 9.80 Å². The zero-order valence-corrected chi connectivity index (χ0v) is 34.8. The molecule has 3 heterocycles. The molecule has 3 fully saturated rings. The molecule has 0 saturated carbocycles. The van der Waals surface area contributed by atoms with Crippen molar-refractivity contribution in [1.82, 2.24) is 24.9 Å². The predicted molar refractivity (Wildman–Crippen MR) is 224 cm³/mol. The van der Waals surface area contributed by atoms with Gasteiger partial charge in [0.1, 0.15) is 48.1 Å². The fraction of sp³-hybridized carbons (Fsp3) is 0.628. The highest BCUT2D eigenvalue weighted by molar-refractivity contribution is 5.64. The van der Waals surface area contributed by atoms with E-state index in [2.05, 4.69) is 15.1 Å². The monoisotopic (exact) mass is 845 g/mol. The van der Waals surface area contributed by atoms with Crippen LogP contribution < -0.4 is 5.32 Å². The van der Waals surface area contributed by atoms with Crippen LogP contribution in [0.2, 0.25) is 0 Å². The van der Waals surface area contributed by atoms with Gasteiger partial charge in [-0.25, -0.2) is 0 Å². The lowest BCUT2D eigenvalue weighted by Crippen LogP contribution is -2.51. The van der Waals surface area contributed by atoms with Crippen molar-refractivity contribution in [2.75, 3.05) is 78.7 Å². The standard InChI is InChI=1S/C43H67N5O12/c1-26-14-28(18-32-4-10-47(32)22-34(51)40(57)42(59)36(53)24-49)38(55)30(16-26)20-45-8-3-9-46(13-7-44-6-12-45)21-31-17-27(2)15-29(39(31)56)19-33-5-11-48(33)23-35(52)41(58)43(60)37(54)25-50/h14-19,34-37,40-44,49-60H,3-13,20-25H2,1-2H3. The number of aliphatic hydroxyl groups is 10. The summed E-state index contributed by atoms with van der Waals surface area (Å²) in [5.41, 5.74) is 6.53. The molecule has 3 aliphatic heterocycles. The first-order valence-electron chi connectivity index (χ1n) is 21.0. The highest BCUT2D eigenvalue weighted by Gasteiger charge is 2.35. The van der Waals surface area contributed by atoms with E-state index in [-0.39, 0.29) is 24.6 Å². The number of nitrogens with one attached hydrogen (secondary N) is 1. The Kier molecular flexibility index (Phi) is 17.6. The van der Waals surface area contributed by atoms with Crippen LogP contribution in [-0.4, -0.2) is 208 Å². The van der Waals surface area contributed by atoms with E-state index in [0.717, 1.165) is 79.3 Å². The van der Waals surface area contributed by atoms with Crippen molar-refractivity contribution >= 4 is 12.2 Å². The van der Waals surface area contributed by atoms with Gasteiger partial charge in [-0.2, -0.15) is 0 Å². The molecule has 2 aromatic rings. The highest BCUT2D eigenvalue weighted by atomic mass is 16.4. The minimum absolute atomic E-state index is 0.00734. The summed E-state index contributed by atoms with van der Waals surface area (Å²) in [4.78, 5) is 8.31. The van der Waals surface area contributed by atoms with Crippen LogP contribution in [0.25, 0.3) is 12.2 Å². The summed E-state index contributed by atoms with van der Waals surface area (Å²) >= 11 is 0. The maximum absolute atomic E-state index is 11.5. The van der Waals surface area contributed by atoms with Crippen molar-refractivity contribution in [1.29, 1.82) is 0 Å². The molecule has 17 nitrogen and oxygen atoms in total. The minimum atomic E-state index is -1.70. The Labute approximate surface area is 352 Å². The van der Waals surface area contributed by atoms with E-state index >= 15 is 0 Å². The second-order valence-corrected chi connectivity index (χ2v) is 16.6. The van der Waals surface area contributed by atoms with Gasteiger partial charge < -0.3 is 76.4 Å². The average molecular weight is 846 g/mol. The Bertz CT molecular complexity index is 1640. The van der Waals surface area contributed by atoms with Crippen LogP contribution in [0.15, 0.2) is 35.7 Å². The number of benzene rings is 2. The molecule has 2 aromatic carbocycles. The maximum Gasteiger partial charge on any atom is 0.127 e. The SMILES string of the molecule is Cc1cc(C=C2CCN2CC(O)C(O)C(O)C(O)CO)c(O)c(CN2CCCN(Cc3cc(C)cc(C=C4CCN4CC(O)C(O)C(O)C(O)CO)c3O)CCNCC2)c1. The Balaban J connectivity index is 1.19. The number of rotatable bonds is 18. The van der Waals surface area contributed by atoms with Gasteiger partial charge >= 0.3 is 0 Å². The van der Waals surface area contributed by atoms with E-state index in [1.165, 1.54) is 0 Å². The van der Waals surface area contributed by atoms with Crippen molar-refractivity contribution in [2.45, 2.75) is 95.0 Å². The van der Waals surface area contributed by atoms with E-state index in [1.54, 1.807) is 0 Å². The summed E-state index contributed by atoms with van der Waals surface area (Å²) in [7, 11) is 0. The number of phenols is 2. The molecule has 60 heavy (non-hydrogen) atoms. The fourth-order valence-electron chi connectivity index (χ4n) is 8.06. The van der Waals surface area contributed by atoms with Crippen molar-refractivity contribution in [3.63, 3.8) is 0 Å². The number of hydrogen-bond acceptors (Lipinski definition) is 17. The number of aryl methyl sites for hydroxylation is 2. The van der Waals surface area contributed by atoms with Crippen LogP contribution in [0, 0.1) is 13.8 Å². The molecule has 13 N–H and O–H groups in total. The minimum Gasteiger partial charge on any atom is -0.507 e. The van der Waals surface area contributed by atoms with Gasteiger partial charge in [-0.1, -0.05) is 12.1 Å². The van der Waals surface area contributed by atoms with Gasteiger partial charge in [0.25, 0.3) is 0 Å².